The molecule has 0 radical (unpaired) electrons. The van der Waals surface area contributed by atoms with E-state index in [-0.39, 0.29) is 0 Å². The number of nitrogens with one attached hydrogen (secondary N) is 1. The fourth-order valence-corrected chi connectivity index (χ4v) is 3.60. The molecule has 0 bridgehead atoms. The molecule has 1 heterocycles. The molecular formula is C19H25N2S+. The molecule has 1 saturated heterocycles. The molecule has 0 saturated carbocycles. The second kappa shape index (κ2) is 7.21. The summed E-state index contributed by atoms with van der Waals surface area (Å²) in [5.41, 5.74) is 4.25. The lowest BCUT2D eigenvalue weighted by atomic mass is 10.1. The molecule has 0 unspecified atom stereocenters. The molecule has 22 heavy (non-hydrogen) atoms. The lowest BCUT2D eigenvalue weighted by Gasteiger charge is -2.34. The second-order valence-electron chi connectivity index (χ2n) is 6.05. The second-order valence-corrected chi connectivity index (χ2v) is 6.93. The van der Waals surface area contributed by atoms with E-state index in [9.17, 15) is 0 Å². The maximum atomic E-state index is 2.54. The third-order valence-corrected chi connectivity index (χ3v) is 5.28. The van der Waals surface area contributed by atoms with Crippen LogP contribution in [-0.2, 0) is 6.54 Å². The van der Waals surface area contributed by atoms with E-state index in [2.05, 4.69) is 66.6 Å². The van der Waals surface area contributed by atoms with Gasteiger partial charge in [0.1, 0.15) is 6.54 Å². The zero-order chi connectivity index (χ0) is 15.4. The van der Waals surface area contributed by atoms with Gasteiger partial charge in [-0.3, -0.25) is 0 Å². The van der Waals surface area contributed by atoms with Gasteiger partial charge in [-0.05, 0) is 36.9 Å². The number of rotatable bonds is 4. The largest absolute Gasteiger partial charge is 0.360 e. The highest BCUT2D eigenvalue weighted by Crippen LogP contribution is 2.19. The van der Waals surface area contributed by atoms with Crippen LogP contribution in [0.15, 0.2) is 53.4 Å². The fourth-order valence-electron chi connectivity index (χ4n) is 3.19. The standard InChI is InChI=1S/C19H24N2S/c1-16-5-3-4-6-19(16)21-13-11-20(12-14-21)15-17-7-9-18(22-2)10-8-17/h3-10H,11-15H2,1-2H3/p+1. The maximum Gasteiger partial charge on any atom is 0.103 e. The Kier molecular flexibility index (Phi) is 5.06. The van der Waals surface area contributed by atoms with Crippen molar-refractivity contribution in [3.63, 3.8) is 0 Å². The molecule has 2 aromatic rings. The Morgan fingerprint density at radius 2 is 1.68 bits per heavy atom. The smallest absolute Gasteiger partial charge is 0.103 e. The first-order chi connectivity index (χ1) is 10.8. The summed E-state index contributed by atoms with van der Waals surface area (Å²) in [6.45, 7) is 8.11. The van der Waals surface area contributed by atoms with Gasteiger partial charge in [0.05, 0.1) is 26.2 Å². The Morgan fingerprint density at radius 1 is 1.00 bits per heavy atom. The highest BCUT2D eigenvalue weighted by molar-refractivity contribution is 7.98. The van der Waals surface area contributed by atoms with Crippen LogP contribution in [0, 0.1) is 6.92 Å². The quantitative estimate of drug-likeness (QED) is 0.868. The number of thioether (sulfide) groups is 1. The zero-order valence-corrected chi connectivity index (χ0v) is 14.3. The van der Waals surface area contributed by atoms with E-state index >= 15 is 0 Å². The van der Waals surface area contributed by atoms with Crippen molar-refractivity contribution in [3.8, 4) is 0 Å². The van der Waals surface area contributed by atoms with Gasteiger partial charge in [0.15, 0.2) is 0 Å². The molecule has 0 spiro atoms. The summed E-state index contributed by atoms with van der Waals surface area (Å²) in [4.78, 5) is 5.58. The number of nitrogens with zero attached hydrogens (tertiary/aromatic N) is 1. The van der Waals surface area contributed by atoms with E-state index in [1.165, 1.54) is 34.8 Å². The van der Waals surface area contributed by atoms with Crippen LogP contribution in [0.5, 0.6) is 0 Å². The lowest BCUT2D eigenvalue weighted by Crippen LogP contribution is -3.13. The maximum absolute atomic E-state index is 2.54. The molecular weight excluding hydrogens is 288 g/mol. The van der Waals surface area contributed by atoms with Gasteiger partial charge in [-0.2, -0.15) is 0 Å². The molecule has 0 aliphatic carbocycles. The Morgan fingerprint density at radius 3 is 2.32 bits per heavy atom. The minimum atomic E-state index is 1.15. The average Bonchev–Trinajstić information content (AvgIpc) is 2.57. The first-order valence-corrected chi connectivity index (χ1v) is 9.26. The Bertz CT molecular complexity index is 601. The summed E-state index contributed by atoms with van der Waals surface area (Å²) in [6, 6.07) is 17.8. The Balaban J connectivity index is 1.56. The van der Waals surface area contributed by atoms with E-state index in [1.54, 1.807) is 4.90 Å². The van der Waals surface area contributed by atoms with Gasteiger partial charge in [-0.25, -0.2) is 0 Å². The van der Waals surface area contributed by atoms with Crippen molar-refractivity contribution in [1.82, 2.24) is 0 Å². The number of hydrogen-bond donors (Lipinski definition) is 1. The number of piperazine rings is 1. The third-order valence-electron chi connectivity index (χ3n) is 4.54. The van der Waals surface area contributed by atoms with Crippen LogP contribution in [0.25, 0.3) is 0 Å². The van der Waals surface area contributed by atoms with Gasteiger partial charge < -0.3 is 9.80 Å². The van der Waals surface area contributed by atoms with Crippen molar-refractivity contribution < 1.29 is 4.90 Å². The van der Waals surface area contributed by atoms with Gasteiger partial charge in [0.2, 0.25) is 0 Å². The summed E-state index contributed by atoms with van der Waals surface area (Å²) in [6.07, 6.45) is 2.13. The molecule has 1 aliphatic rings. The highest BCUT2D eigenvalue weighted by Gasteiger charge is 2.21. The van der Waals surface area contributed by atoms with Crippen LogP contribution in [0.2, 0.25) is 0 Å². The molecule has 1 fully saturated rings. The number of benzene rings is 2. The van der Waals surface area contributed by atoms with Crippen molar-refractivity contribution in [3.05, 3.63) is 59.7 Å². The summed E-state index contributed by atoms with van der Waals surface area (Å²) >= 11 is 1.81. The van der Waals surface area contributed by atoms with Crippen molar-refractivity contribution in [2.24, 2.45) is 0 Å². The van der Waals surface area contributed by atoms with Crippen LogP contribution in [0.4, 0.5) is 5.69 Å². The van der Waals surface area contributed by atoms with E-state index in [0.29, 0.717) is 0 Å². The molecule has 2 nitrogen and oxygen atoms in total. The van der Waals surface area contributed by atoms with Crippen LogP contribution < -0.4 is 9.80 Å². The summed E-state index contributed by atoms with van der Waals surface area (Å²) in [7, 11) is 0. The number of hydrogen-bond acceptors (Lipinski definition) is 2. The van der Waals surface area contributed by atoms with E-state index < -0.39 is 0 Å². The molecule has 2 aromatic carbocycles. The highest BCUT2D eigenvalue weighted by atomic mass is 32.2. The third kappa shape index (κ3) is 3.65. The van der Waals surface area contributed by atoms with Crippen LogP contribution in [0.1, 0.15) is 11.1 Å². The molecule has 1 N–H and O–H groups in total. The average molecular weight is 313 g/mol. The van der Waals surface area contributed by atoms with E-state index in [1.807, 2.05) is 11.8 Å². The number of anilines is 1. The number of aryl methyl sites for hydroxylation is 1. The molecule has 1 aliphatic heterocycles. The topological polar surface area (TPSA) is 7.68 Å². The summed E-state index contributed by atoms with van der Waals surface area (Å²) < 4.78 is 0. The van der Waals surface area contributed by atoms with Crippen molar-refractivity contribution >= 4 is 17.4 Å². The predicted octanol–water partition coefficient (Wildman–Crippen LogP) is 2.62. The number of quaternary nitrogens is 1. The van der Waals surface area contributed by atoms with Gasteiger partial charge in [0, 0.05) is 16.1 Å². The van der Waals surface area contributed by atoms with Gasteiger partial charge in [-0.1, -0.05) is 30.3 Å². The summed E-state index contributed by atoms with van der Waals surface area (Å²) in [5, 5.41) is 0. The van der Waals surface area contributed by atoms with Crippen LogP contribution >= 0.6 is 11.8 Å². The fraction of sp³-hybridized carbons (Fsp3) is 0.368. The Labute approximate surface area is 138 Å². The Hall–Kier alpha value is -1.45. The van der Waals surface area contributed by atoms with Crippen molar-refractivity contribution in [1.29, 1.82) is 0 Å². The van der Waals surface area contributed by atoms with E-state index in [4.69, 9.17) is 0 Å². The SMILES string of the molecule is CSc1ccc(C[NH+]2CCN(c3ccccc3C)CC2)cc1. The van der Waals surface area contributed by atoms with Crippen LogP contribution in [0.3, 0.4) is 0 Å². The van der Waals surface area contributed by atoms with Gasteiger partial charge in [-0.15, -0.1) is 11.8 Å². The van der Waals surface area contributed by atoms with Crippen LogP contribution in [-0.4, -0.2) is 32.4 Å². The molecule has 0 amide bonds. The molecule has 3 rings (SSSR count). The molecule has 0 aromatic heterocycles. The van der Waals surface area contributed by atoms with E-state index in [0.717, 1.165) is 19.6 Å². The first kappa shape index (κ1) is 15.4. The molecule has 116 valence electrons. The normalized spacial score (nSPS) is 16.0. The van der Waals surface area contributed by atoms with Crippen molar-refractivity contribution in [2.75, 3.05) is 37.3 Å². The zero-order valence-electron chi connectivity index (χ0n) is 13.5. The van der Waals surface area contributed by atoms with Gasteiger partial charge in [0.25, 0.3) is 0 Å². The predicted molar refractivity (Wildman–Crippen MR) is 96.0 cm³/mol. The van der Waals surface area contributed by atoms with Crippen molar-refractivity contribution in [2.45, 2.75) is 18.4 Å². The lowest BCUT2D eigenvalue weighted by molar-refractivity contribution is -0.914. The minimum Gasteiger partial charge on any atom is -0.360 e. The molecule has 3 heteroatoms. The summed E-state index contributed by atoms with van der Waals surface area (Å²) in [5.74, 6) is 0. The molecule has 0 atom stereocenters. The van der Waals surface area contributed by atoms with Gasteiger partial charge >= 0.3 is 0 Å². The minimum absolute atomic E-state index is 1.15. The monoisotopic (exact) mass is 313 g/mol. The first-order valence-electron chi connectivity index (χ1n) is 8.03. The number of para-hydroxylation sites is 1.